The molecule has 1 aliphatic heterocycles. The smallest absolute Gasteiger partial charge is 0.263 e. The van der Waals surface area contributed by atoms with E-state index in [9.17, 15) is 13.2 Å². The fraction of sp³-hybridized carbons (Fsp3) is 0.350. The number of nitrogens with zero attached hydrogens (tertiary/aromatic N) is 2. The van der Waals surface area contributed by atoms with E-state index in [1.54, 1.807) is 17.0 Å². The van der Waals surface area contributed by atoms with E-state index in [0.717, 1.165) is 0 Å². The third-order valence-electron chi connectivity index (χ3n) is 4.65. The van der Waals surface area contributed by atoms with Gasteiger partial charge in [-0.2, -0.15) is 4.31 Å². The number of piperazine rings is 1. The Morgan fingerprint density at radius 2 is 1.75 bits per heavy atom. The van der Waals surface area contributed by atoms with Gasteiger partial charge in [-0.05, 0) is 36.8 Å². The Bertz CT molecular complexity index is 913. The first kappa shape index (κ1) is 20.6. The molecule has 0 unspecified atom stereocenters. The van der Waals surface area contributed by atoms with Crippen LogP contribution in [0, 0.1) is 0 Å². The molecule has 6 nitrogen and oxygen atoms in total. The van der Waals surface area contributed by atoms with E-state index < -0.39 is 16.1 Å². The monoisotopic (exact) mass is 422 g/mol. The van der Waals surface area contributed by atoms with Gasteiger partial charge in [0.05, 0.1) is 4.90 Å². The van der Waals surface area contributed by atoms with Crippen LogP contribution in [0.5, 0.6) is 5.75 Å². The molecular weight excluding hydrogens is 400 g/mol. The Balaban J connectivity index is 1.63. The van der Waals surface area contributed by atoms with Gasteiger partial charge in [0.1, 0.15) is 5.75 Å². The largest absolute Gasteiger partial charge is 0.481 e. The number of carbonyl (C=O) groups is 1. The Morgan fingerprint density at radius 3 is 2.36 bits per heavy atom. The summed E-state index contributed by atoms with van der Waals surface area (Å²) in [6, 6.07) is 15.4. The highest BCUT2D eigenvalue weighted by atomic mass is 35.5. The average Bonchev–Trinajstić information content (AvgIpc) is 2.72. The van der Waals surface area contributed by atoms with Crippen molar-refractivity contribution in [3.8, 4) is 5.75 Å². The van der Waals surface area contributed by atoms with Crippen LogP contribution in [-0.2, 0) is 14.8 Å². The van der Waals surface area contributed by atoms with Crippen LogP contribution in [0.4, 0.5) is 0 Å². The van der Waals surface area contributed by atoms with Gasteiger partial charge in [0.25, 0.3) is 5.91 Å². The van der Waals surface area contributed by atoms with Gasteiger partial charge in [0.15, 0.2) is 6.10 Å². The van der Waals surface area contributed by atoms with Crippen molar-refractivity contribution < 1.29 is 17.9 Å². The van der Waals surface area contributed by atoms with Crippen molar-refractivity contribution in [3.63, 3.8) is 0 Å². The highest BCUT2D eigenvalue weighted by Gasteiger charge is 2.32. The van der Waals surface area contributed by atoms with Crippen molar-refractivity contribution in [2.45, 2.75) is 24.3 Å². The summed E-state index contributed by atoms with van der Waals surface area (Å²) in [6.07, 6.45) is -0.0483. The van der Waals surface area contributed by atoms with Gasteiger partial charge in [-0.15, -0.1) is 0 Å². The van der Waals surface area contributed by atoms with Crippen LogP contribution in [0.3, 0.4) is 0 Å². The maximum Gasteiger partial charge on any atom is 0.263 e. The summed E-state index contributed by atoms with van der Waals surface area (Å²) in [5.74, 6) is 0.524. The number of halogens is 1. The van der Waals surface area contributed by atoms with E-state index in [4.69, 9.17) is 16.3 Å². The van der Waals surface area contributed by atoms with E-state index in [1.807, 2.05) is 37.3 Å². The van der Waals surface area contributed by atoms with E-state index in [0.29, 0.717) is 30.3 Å². The first-order valence-electron chi connectivity index (χ1n) is 9.18. The molecule has 0 aromatic heterocycles. The SMILES string of the molecule is CC[C@@H](Oc1ccccc1)C(=O)N1CCN(S(=O)(=O)c2cccc(Cl)c2)CC1. The predicted molar refractivity (Wildman–Crippen MR) is 108 cm³/mol. The minimum atomic E-state index is -3.63. The van der Waals surface area contributed by atoms with Crippen LogP contribution in [0.1, 0.15) is 13.3 Å². The molecule has 150 valence electrons. The quantitative estimate of drug-likeness (QED) is 0.717. The van der Waals surface area contributed by atoms with Crippen molar-refractivity contribution in [2.24, 2.45) is 0 Å². The molecule has 1 aliphatic rings. The molecule has 0 radical (unpaired) electrons. The van der Waals surface area contributed by atoms with Crippen molar-refractivity contribution in [1.29, 1.82) is 0 Å². The van der Waals surface area contributed by atoms with Gasteiger partial charge in [-0.1, -0.05) is 42.8 Å². The van der Waals surface area contributed by atoms with E-state index in [1.165, 1.54) is 16.4 Å². The maximum atomic E-state index is 12.8. The predicted octanol–water partition coefficient (Wildman–Crippen LogP) is 3.03. The normalized spacial score (nSPS) is 16.6. The number of benzene rings is 2. The van der Waals surface area contributed by atoms with E-state index in [2.05, 4.69) is 0 Å². The third-order valence-corrected chi connectivity index (χ3v) is 6.78. The standard InChI is InChI=1S/C20H23ClN2O4S/c1-2-19(27-17-8-4-3-5-9-17)20(24)22-11-13-23(14-12-22)28(25,26)18-10-6-7-16(21)15-18/h3-10,15,19H,2,11-14H2,1H3/t19-/m1/s1. The topological polar surface area (TPSA) is 66.9 Å². The number of para-hydroxylation sites is 1. The van der Waals surface area contributed by atoms with Crippen LogP contribution < -0.4 is 4.74 Å². The zero-order valence-electron chi connectivity index (χ0n) is 15.6. The second-order valence-electron chi connectivity index (χ2n) is 6.51. The van der Waals surface area contributed by atoms with Gasteiger partial charge < -0.3 is 9.64 Å². The molecule has 0 bridgehead atoms. The lowest BCUT2D eigenvalue weighted by Gasteiger charge is -2.35. The molecule has 0 N–H and O–H groups in total. The molecule has 1 atom stereocenters. The number of rotatable bonds is 6. The Labute approximate surface area is 170 Å². The van der Waals surface area contributed by atoms with Crippen LogP contribution in [0.2, 0.25) is 5.02 Å². The Hall–Kier alpha value is -2.09. The first-order chi connectivity index (χ1) is 13.4. The van der Waals surface area contributed by atoms with Crippen molar-refractivity contribution >= 4 is 27.5 Å². The molecule has 0 saturated carbocycles. The first-order valence-corrected chi connectivity index (χ1v) is 11.0. The minimum Gasteiger partial charge on any atom is -0.481 e. The molecule has 1 saturated heterocycles. The molecule has 1 amide bonds. The van der Waals surface area contributed by atoms with Crippen molar-refractivity contribution in [1.82, 2.24) is 9.21 Å². The zero-order chi connectivity index (χ0) is 20.1. The number of ether oxygens (including phenoxy) is 1. The summed E-state index contributed by atoms with van der Waals surface area (Å²) in [7, 11) is -3.63. The fourth-order valence-corrected chi connectivity index (χ4v) is 4.82. The minimum absolute atomic E-state index is 0.119. The number of hydrogen-bond donors (Lipinski definition) is 0. The summed E-state index contributed by atoms with van der Waals surface area (Å²) in [6.45, 7) is 3.02. The summed E-state index contributed by atoms with van der Waals surface area (Å²) >= 11 is 5.92. The molecule has 1 heterocycles. The van der Waals surface area contributed by atoms with Crippen LogP contribution in [-0.4, -0.2) is 55.8 Å². The van der Waals surface area contributed by atoms with E-state index >= 15 is 0 Å². The van der Waals surface area contributed by atoms with Crippen LogP contribution in [0.25, 0.3) is 0 Å². The lowest BCUT2D eigenvalue weighted by atomic mass is 10.2. The highest BCUT2D eigenvalue weighted by Crippen LogP contribution is 2.21. The maximum absolute atomic E-state index is 12.8. The second-order valence-corrected chi connectivity index (χ2v) is 8.89. The van der Waals surface area contributed by atoms with Gasteiger partial charge in [0, 0.05) is 31.2 Å². The molecule has 2 aromatic rings. The Kier molecular flexibility index (Phi) is 6.59. The Morgan fingerprint density at radius 1 is 1.07 bits per heavy atom. The molecule has 8 heteroatoms. The number of sulfonamides is 1. The number of carbonyl (C=O) groups excluding carboxylic acids is 1. The van der Waals surface area contributed by atoms with Crippen LogP contribution in [0.15, 0.2) is 59.5 Å². The van der Waals surface area contributed by atoms with Crippen molar-refractivity contribution in [3.05, 3.63) is 59.6 Å². The van der Waals surface area contributed by atoms with Gasteiger partial charge in [-0.25, -0.2) is 8.42 Å². The molecule has 2 aromatic carbocycles. The van der Waals surface area contributed by atoms with Gasteiger partial charge in [-0.3, -0.25) is 4.79 Å². The van der Waals surface area contributed by atoms with Crippen molar-refractivity contribution in [2.75, 3.05) is 26.2 Å². The molecule has 1 fully saturated rings. The summed E-state index contributed by atoms with van der Waals surface area (Å²) in [4.78, 5) is 14.7. The molecule has 28 heavy (non-hydrogen) atoms. The third kappa shape index (κ3) is 4.66. The highest BCUT2D eigenvalue weighted by molar-refractivity contribution is 7.89. The number of amides is 1. The summed E-state index contributed by atoms with van der Waals surface area (Å²) in [5.41, 5.74) is 0. The zero-order valence-corrected chi connectivity index (χ0v) is 17.2. The second kappa shape index (κ2) is 8.94. The number of hydrogen-bond acceptors (Lipinski definition) is 4. The fourth-order valence-electron chi connectivity index (χ4n) is 3.10. The van der Waals surface area contributed by atoms with Gasteiger partial charge >= 0.3 is 0 Å². The lowest BCUT2D eigenvalue weighted by molar-refractivity contribution is -0.140. The molecule has 0 aliphatic carbocycles. The molecule has 3 rings (SSSR count). The van der Waals surface area contributed by atoms with Crippen LogP contribution >= 0.6 is 11.6 Å². The summed E-state index contributed by atoms with van der Waals surface area (Å²) in [5, 5.41) is 0.374. The molecular formula is C20H23ClN2O4S. The molecule has 0 spiro atoms. The summed E-state index contributed by atoms with van der Waals surface area (Å²) < 4.78 is 32.8. The van der Waals surface area contributed by atoms with E-state index in [-0.39, 0.29) is 23.9 Å². The lowest BCUT2D eigenvalue weighted by Crippen LogP contribution is -2.53. The average molecular weight is 423 g/mol. The van der Waals surface area contributed by atoms with Gasteiger partial charge in [0.2, 0.25) is 10.0 Å².